The number of amides is 1. The number of hydrogen-bond donors (Lipinski definition) is 2. The van der Waals surface area contributed by atoms with Gasteiger partial charge in [0.1, 0.15) is 0 Å². The molecule has 0 fully saturated rings. The largest absolute Gasteiger partial charge is 0.361 e. The lowest BCUT2D eigenvalue weighted by Crippen LogP contribution is -2.14. The van der Waals surface area contributed by atoms with Gasteiger partial charge in [0.15, 0.2) is 0 Å². The molecule has 1 amide bonds. The van der Waals surface area contributed by atoms with Crippen LogP contribution in [0.4, 0.5) is 5.69 Å². The zero-order chi connectivity index (χ0) is 14.8. The van der Waals surface area contributed by atoms with E-state index in [2.05, 4.69) is 26.2 Å². The molecule has 2 aromatic carbocycles. The number of aryl methyl sites for hydroxylation is 1. The highest BCUT2D eigenvalue weighted by atomic mass is 79.9. The molecule has 1 heterocycles. The van der Waals surface area contributed by atoms with Gasteiger partial charge in [0.05, 0.1) is 6.42 Å². The Morgan fingerprint density at radius 1 is 1.19 bits per heavy atom. The van der Waals surface area contributed by atoms with E-state index >= 15 is 0 Å². The fraction of sp³-hybridized carbons (Fsp3) is 0.118. The smallest absolute Gasteiger partial charge is 0.228 e. The molecule has 1 aromatic heterocycles. The molecule has 2 N–H and O–H groups in total. The number of hydrogen-bond acceptors (Lipinski definition) is 1. The van der Waals surface area contributed by atoms with Crippen LogP contribution in [0, 0.1) is 6.92 Å². The zero-order valence-electron chi connectivity index (χ0n) is 11.6. The van der Waals surface area contributed by atoms with Crippen molar-refractivity contribution in [1.82, 2.24) is 4.98 Å². The molecular formula is C17H15BrN2O. The zero-order valence-corrected chi connectivity index (χ0v) is 13.2. The Labute approximate surface area is 131 Å². The first-order chi connectivity index (χ1) is 10.1. The SMILES string of the molecule is Cc1cc(NC(=O)Cc2ccc3cc[nH]c3c2)ccc1Br. The average Bonchev–Trinajstić information content (AvgIpc) is 2.90. The Hall–Kier alpha value is -2.07. The summed E-state index contributed by atoms with van der Waals surface area (Å²) in [7, 11) is 0. The lowest BCUT2D eigenvalue weighted by atomic mass is 10.1. The van der Waals surface area contributed by atoms with Crippen LogP contribution in [0.25, 0.3) is 10.9 Å². The summed E-state index contributed by atoms with van der Waals surface area (Å²) < 4.78 is 1.04. The summed E-state index contributed by atoms with van der Waals surface area (Å²) in [5.41, 5.74) is 3.97. The average molecular weight is 343 g/mol. The molecule has 0 radical (unpaired) electrons. The maximum absolute atomic E-state index is 12.1. The third-order valence-corrected chi connectivity index (χ3v) is 4.32. The number of fused-ring (bicyclic) bond motifs is 1. The van der Waals surface area contributed by atoms with Gasteiger partial charge in [-0.05, 0) is 53.8 Å². The van der Waals surface area contributed by atoms with E-state index in [9.17, 15) is 4.79 Å². The van der Waals surface area contributed by atoms with Gasteiger partial charge in [0.25, 0.3) is 0 Å². The van der Waals surface area contributed by atoms with Gasteiger partial charge in [-0.3, -0.25) is 4.79 Å². The number of H-pyrrole nitrogens is 1. The maximum Gasteiger partial charge on any atom is 0.228 e. The van der Waals surface area contributed by atoms with E-state index in [0.717, 1.165) is 32.2 Å². The minimum atomic E-state index is -0.0115. The fourth-order valence-electron chi connectivity index (χ4n) is 2.32. The molecule has 0 aliphatic heterocycles. The quantitative estimate of drug-likeness (QED) is 0.726. The summed E-state index contributed by atoms with van der Waals surface area (Å²) in [5, 5.41) is 4.09. The number of carbonyl (C=O) groups excluding carboxylic acids is 1. The molecule has 0 spiro atoms. The van der Waals surface area contributed by atoms with Gasteiger partial charge < -0.3 is 10.3 Å². The molecule has 3 aromatic rings. The van der Waals surface area contributed by atoms with Gasteiger partial charge in [-0.2, -0.15) is 0 Å². The maximum atomic E-state index is 12.1. The number of nitrogens with one attached hydrogen (secondary N) is 2. The van der Waals surface area contributed by atoms with Crippen molar-refractivity contribution in [3.63, 3.8) is 0 Å². The van der Waals surface area contributed by atoms with Gasteiger partial charge in [-0.15, -0.1) is 0 Å². The summed E-state index contributed by atoms with van der Waals surface area (Å²) >= 11 is 3.45. The van der Waals surface area contributed by atoms with E-state index < -0.39 is 0 Å². The predicted molar refractivity (Wildman–Crippen MR) is 89.5 cm³/mol. The van der Waals surface area contributed by atoms with Crippen molar-refractivity contribution in [2.45, 2.75) is 13.3 Å². The molecule has 0 bridgehead atoms. The van der Waals surface area contributed by atoms with Gasteiger partial charge >= 0.3 is 0 Å². The summed E-state index contributed by atoms with van der Waals surface area (Å²) in [6, 6.07) is 13.8. The third-order valence-electron chi connectivity index (χ3n) is 3.43. The van der Waals surface area contributed by atoms with Gasteiger partial charge in [0, 0.05) is 21.9 Å². The number of carbonyl (C=O) groups is 1. The van der Waals surface area contributed by atoms with Crippen molar-refractivity contribution in [1.29, 1.82) is 0 Å². The molecule has 0 saturated carbocycles. The Bertz CT molecular complexity index is 807. The topological polar surface area (TPSA) is 44.9 Å². The molecule has 0 saturated heterocycles. The number of halogens is 1. The lowest BCUT2D eigenvalue weighted by Gasteiger charge is -2.07. The second-order valence-corrected chi connectivity index (χ2v) is 5.94. The van der Waals surface area contributed by atoms with Crippen molar-refractivity contribution >= 4 is 38.4 Å². The van der Waals surface area contributed by atoms with E-state index in [0.29, 0.717) is 6.42 Å². The first kappa shape index (κ1) is 13.9. The summed E-state index contributed by atoms with van der Waals surface area (Å²) in [6.45, 7) is 2.00. The van der Waals surface area contributed by atoms with Gasteiger partial charge in [-0.1, -0.05) is 28.1 Å². The van der Waals surface area contributed by atoms with Crippen LogP contribution in [-0.2, 0) is 11.2 Å². The molecule has 3 rings (SSSR count). The normalized spacial score (nSPS) is 10.8. The van der Waals surface area contributed by atoms with Crippen molar-refractivity contribution in [2.75, 3.05) is 5.32 Å². The van der Waals surface area contributed by atoms with E-state index in [-0.39, 0.29) is 5.91 Å². The van der Waals surface area contributed by atoms with E-state index in [1.807, 2.05) is 55.6 Å². The highest BCUT2D eigenvalue weighted by molar-refractivity contribution is 9.10. The Morgan fingerprint density at radius 2 is 2.05 bits per heavy atom. The minimum absolute atomic E-state index is 0.0115. The molecule has 0 unspecified atom stereocenters. The lowest BCUT2D eigenvalue weighted by molar-refractivity contribution is -0.115. The molecule has 0 atom stereocenters. The minimum Gasteiger partial charge on any atom is -0.361 e. The van der Waals surface area contributed by atoms with Crippen LogP contribution in [0.2, 0.25) is 0 Å². The molecule has 21 heavy (non-hydrogen) atoms. The highest BCUT2D eigenvalue weighted by Crippen LogP contribution is 2.20. The van der Waals surface area contributed by atoms with E-state index in [1.165, 1.54) is 0 Å². The molecular weight excluding hydrogens is 328 g/mol. The van der Waals surface area contributed by atoms with E-state index in [4.69, 9.17) is 0 Å². The molecule has 4 heteroatoms. The Balaban J connectivity index is 1.71. The number of anilines is 1. The van der Waals surface area contributed by atoms with Gasteiger partial charge in [-0.25, -0.2) is 0 Å². The second-order valence-electron chi connectivity index (χ2n) is 5.09. The molecule has 3 nitrogen and oxygen atoms in total. The first-order valence-corrected chi connectivity index (χ1v) is 7.53. The monoisotopic (exact) mass is 342 g/mol. The molecule has 106 valence electrons. The van der Waals surface area contributed by atoms with Crippen molar-refractivity contribution in [3.8, 4) is 0 Å². The van der Waals surface area contributed by atoms with Crippen LogP contribution in [0.15, 0.2) is 53.1 Å². The van der Waals surface area contributed by atoms with Crippen LogP contribution in [0.5, 0.6) is 0 Å². The standard InChI is InChI=1S/C17H15BrN2O/c1-11-8-14(4-5-15(11)18)20-17(21)10-12-2-3-13-6-7-19-16(13)9-12/h2-9,19H,10H2,1H3,(H,20,21). The number of benzene rings is 2. The number of aromatic amines is 1. The van der Waals surface area contributed by atoms with Crippen molar-refractivity contribution in [3.05, 3.63) is 64.3 Å². The molecule has 0 aliphatic carbocycles. The first-order valence-electron chi connectivity index (χ1n) is 6.74. The summed E-state index contributed by atoms with van der Waals surface area (Å²) in [5.74, 6) is -0.0115. The Kier molecular flexibility index (Phi) is 3.80. The summed E-state index contributed by atoms with van der Waals surface area (Å²) in [6.07, 6.45) is 2.27. The van der Waals surface area contributed by atoms with Crippen LogP contribution >= 0.6 is 15.9 Å². The van der Waals surface area contributed by atoms with Gasteiger partial charge in [0.2, 0.25) is 5.91 Å². The van der Waals surface area contributed by atoms with Crippen LogP contribution < -0.4 is 5.32 Å². The second kappa shape index (κ2) is 5.74. The van der Waals surface area contributed by atoms with Crippen LogP contribution in [-0.4, -0.2) is 10.9 Å². The van der Waals surface area contributed by atoms with Crippen LogP contribution in [0.1, 0.15) is 11.1 Å². The summed E-state index contributed by atoms with van der Waals surface area (Å²) in [4.78, 5) is 15.3. The highest BCUT2D eigenvalue weighted by Gasteiger charge is 2.06. The predicted octanol–water partition coefficient (Wildman–Crippen LogP) is 4.42. The van der Waals surface area contributed by atoms with Crippen LogP contribution in [0.3, 0.4) is 0 Å². The third kappa shape index (κ3) is 3.16. The number of aromatic nitrogens is 1. The number of rotatable bonds is 3. The van der Waals surface area contributed by atoms with Crippen molar-refractivity contribution < 1.29 is 4.79 Å². The fourth-order valence-corrected chi connectivity index (χ4v) is 2.56. The van der Waals surface area contributed by atoms with E-state index in [1.54, 1.807) is 0 Å². The Morgan fingerprint density at radius 3 is 2.86 bits per heavy atom. The van der Waals surface area contributed by atoms with Crippen molar-refractivity contribution in [2.24, 2.45) is 0 Å². The molecule has 0 aliphatic rings.